The number of thiophene rings is 1. The second-order valence-electron chi connectivity index (χ2n) is 4.34. The van der Waals surface area contributed by atoms with Crippen molar-refractivity contribution in [1.29, 1.82) is 5.41 Å². The van der Waals surface area contributed by atoms with Crippen LogP contribution in [0, 0.1) is 5.41 Å². The van der Waals surface area contributed by atoms with Gasteiger partial charge in [-0.3, -0.25) is 5.41 Å². The van der Waals surface area contributed by atoms with Gasteiger partial charge in [0.15, 0.2) is 0 Å². The molecule has 1 aromatic carbocycles. The summed E-state index contributed by atoms with van der Waals surface area (Å²) >= 11 is 12.8. The van der Waals surface area contributed by atoms with E-state index in [4.69, 9.17) is 33.7 Å². The van der Waals surface area contributed by atoms with Crippen molar-refractivity contribution in [2.24, 2.45) is 0 Å². The second-order valence-corrected chi connectivity index (χ2v) is 6.37. The largest absolute Gasteiger partial charge is 0.477 e. The van der Waals surface area contributed by atoms with Crippen molar-refractivity contribution < 1.29 is 9.90 Å². The molecule has 22 heavy (non-hydrogen) atoms. The van der Waals surface area contributed by atoms with E-state index in [2.05, 4.69) is 5.32 Å². The monoisotopic (exact) mass is 354 g/mol. The van der Waals surface area contributed by atoms with Crippen molar-refractivity contribution in [3.05, 3.63) is 62.9 Å². The SMILES string of the molecule is N=C(Cl)/C(=C\NCc1ccccc1)c1cc(C(=O)O)sc1Cl. The summed E-state index contributed by atoms with van der Waals surface area (Å²) < 4.78 is 0.288. The van der Waals surface area contributed by atoms with Crippen LogP contribution < -0.4 is 5.32 Å². The molecule has 0 saturated heterocycles. The normalized spacial score (nSPS) is 11.3. The van der Waals surface area contributed by atoms with Crippen molar-refractivity contribution in [2.75, 3.05) is 0 Å². The van der Waals surface area contributed by atoms with E-state index < -0.39 is 5.97 Å². The highest BCUT2D eigenvalue weighted by molar-refractivity contribution is 7.18. The molecule has 1 heterocycles. The Morgan fingerprint density at radius 2 is 2.05 bits per heavy atom. The zero-order valence-corrected chi connectivity index (χ0v) is 13.6. The fraction of sp³-hybridized carbons (Fsp3) is 0.0667. The number of hydrogen-bond donors (Lipinski definition) is 3. The lowest BCUT2D eigenvalue weighted by molar-refractivity contribution is 0.0702. The number of aromatic carboxylic acids is 1. The molecule has 2 aromatic rings. The zero-order chi connectivity index (χ0) is 16.1. The van der Waals surface area contributed by atoms with Gasteiger partial charge < -0.3 is 10.4 Å². The fourth-order valence-corrected chi connectivity index (χ4v) is 3.08. The van der Waals surface area contributed by atoms with Gasteiger partial charge in [0.05, 0.1) is 0 Å². The molecule has 0 fully saturated rings. The van der Waals surface area contributed by atoms with Gasteiger partial charge in [-0.25, -0.2) is 4.79 Å². The van der Waals surface area contributed by atoms with E-state index in [1.165, 1.54) is 6.07 Å². The van der Waals surface area contributed by atoms with E-state index in [-0.39, 0.29) is 14.4 Å². The second kappa shape index (κ2) is 7.45. The third-order valence-electron chi connectivity index (χ3n) is 2.82. The number of allylic oxidation sites excluding steroid dienone is 1. The summed E-state index contributed by atoms with van der Waals surface area (Å²) in [4.78, 5) is 11.1. The van der Waals surface area contributed by atoms with Crippen LogP contribution in [0.15, 0.2) is 42.6 Å². The van der Waals surface area contributed by atoms with Gasteiger partial charge in [-0.15, -0.1) is 11.3 Å². The zero-order valence-electron chi connectivity index (χ0n) is 11.3. The number of carboxylic acid groups (broad SMARTS) is 1. The Kier molecular flexibility index (Phi) is 5.60. The van der Waals surface area contributed by atoms with Crippen molar-refractivity contribution in [1.82, 2.24) is 5.32 Å². The average Bonchev–Trinajstić information content (AvgIpc) is 2.86. The fourth-order valence-electron chi connectivity index (χ4n) is 1.78. The molecule has 0 aliphatic carbocycles. The molecule has 0 bridgehead atoms. The van der Waals surface area contributed by atoms with Crippen LogP contribution in [0.3, 0.4) is 0 Å². The van der Waals surface area contributed by atoms with Crippen LogP contribution in [0.1, 0.15) is 20.8 Å². The van der Waals surface area contributed by atoms with Crippen molar-refractivity contribution >= 4 is 51.3 Å². The maximum absolute atomic E-state index is 11.0. The Morgan fingerprint density at radius 1 is 1.36 bits per heavy atom. The molecule has 0 aliphatic rings. The van der Waals surface area contributed by atoms with E-state index >= 15 is 0 Å². The molecular weight excluding hydrogens is 343 g/mol. The van der Waals surface area contributed by atoms with Crippen LogP contribution >= 0.6 is 34.5 Å². The lowest BCUT2D eigenvalue weighted by Gasteiger charge is -2.06. The number of benzene rings is 1. The number of rotatable bonds is 6. The van der Waals surface area contributed by atoms with E-state index in [9.17, 15) is 4.79 Å². The first-order chi connectivity index (χ1) is 10.5. The third kappa shape index (κ3) is 4.10. The van der Waals surface area contributed by atoms with Gasteiger partial charge >= 0.3 is 5.97 Å². The molecule has 7 heteroatoms. The molecule has 0 saturated carbocycles. The number of halogens is 2. The Morgan fingerprint density at radius 3 is 2.59 bits per heavy atom. The third-order valence-corrected chi connectivity index (χ3v) is 4.37. The van der Waals surface area contributed by atoms with Gasteiger partial charge in [-0.2, -0.15) is 0 Å². The molecule has 2 rings (SSSR count). The predicted octanol–water partition coefficient (Wildman–Crippen LogP) is 4.45. The van der Waals surface area contributed by atoms with Gasteiger partial charge in [-0.1, -0.05) is 53.5 Å². The molecule has 0 radical (unpaired) electrons. The minimum atomic E-state index is -1.06. The number of hydrogen-bond acceptors (Lipinski definition) is 4. The quantitative estimate of drug-likeness (QED) is 0.671. The molecule has 0 aliphatic heterocycles. The molecule has 0 spiro atoms. The summed E-state index contributed by atoms with van der Waals surface area (Å²) in [6, 6.07) is 11.1. The molecule has 3 N–H and O–H groups in total. The first-order valence-corrected chi connectivity index (χ1v) is 7.81. The maximum atomic E-state index is 11.0. The van der Waals surface area contributed by atoms with Crippen LogP contribution in [-0.2, 0) is 6.54 Å². The molecule has 4 nitrogen and oxygen atoms in total. The molecule has 1 aromatic heterocycles. The predicted molar refractivity (Wildman–Crippen MR) is 91.1 cm³/mol. The van der Waals surface area contributed by atoms with Crippen molar-refractivity contribution in [3.8, 4) is 0 Å². The smallest absolute Gasteiger partial charge is 0.345 e. The average molecular weight is 355 g/mol. The number of carbonyl (C=O) groups is 1. The van der Waals surface area contributed by atoms with Gasteiger partial charge in [0.25, 0.3) is 0 Å². The minimum absolute atomic E-state index is 0.104. The first-order valence-electron chi connectivity index (χ1n) is 6.24. The molecule has 0 unspecified atom stereocenters. The lowest BCUT2D eigenvalue weighted by atomic mass is 10.1. The summed E-state index contributed by atoms with van der Waals surface area (Å²) in [5.74, 6) is -1.06. The maximum Gasteiger partial charge on any atom is 0.345 e. The van der Waals surface area contributed by atoms with Crippen molar-refractivity contribution in [3.63, 3.8) is 0 Å². The number of carboxylic acids is 1. The Labute approximate surface area is 141 Å². The van der Waals surface area contributed by atoms with Crippen molar-refractivity contribution in [2.45, 2.75) is 6.54 Å². The molecule has 114 valence electrons. The topological polar surface area (TPSA) is 73.2 Å². The van der Waals surface area contributed by atoms with E-state index in [1.54, 1.807) is 6.20 Å². The van der Waals surface area contributed by atoms with E-state index in [0.29, 0.717) is 17.7 Å². The molecule has 0 amide bonds. The molecular formula is C15H12Cl2N2O2S. The van der Waals surface area contributed by atoms with Crippen LogP contribution in [0.4, 0.5) is 0 Å². The Hall–Kier alpha value is -1.82. The minimum Gasteiger partial charge on any atom is -0.477 e. The van der Waals surface area contributed by atoms with E-state index in [0.717, 1.165) is 16.9 Å². The van der Waals surface area contributed by atoms with Gasteiger partial charge in [0, 0.05) is 23.9 Å². The first kappa shape index (κ1) is 16.5. The van der Waals surface area contributed by atoms with Gasteiger partial charge in [0.2, 0.25) is 0 Å². The van der Waals surface area contributed by atoms with Crippen LogP contribution in [0.5, 0.6) is 0 Å². The van der Waals surface area contributed by atoms with Crippen LogP contribution in [0.2, 0.25) is 4.34 Å². The highest BCUT2D eigenvalue weighted by Crippen LogP contribution is 2.33. The standard InChI is InChI=1S/C15H12Cl2N2O2S/c16-13(18)11(8-19-7-9-4-2-1-3-5-9)10-6-12(15(20)21)22-14(10)17/h1-6,8,18-19H,7H2,(H,20,21)/b11-8-,18-13?. The lowest BCUT2D eigenvalue weighted by Crippen LogP contribution is -2.07. The highest BCUT2D eigenvalue weighted by Gasteiger charge is 2.17. The molecule has 0 atom stereocenters. The van der Waals surface area contributed by atoms with Crippen LogP contribution in [-0.4, -0.2) is 16.2 Å². The summed E-state index contributed by atoms with van der Waals surface area (Å²) in [6.45, 7) is 0.558. The summed E-state index contributed by atoms with van der Waals surface area (Å²) in [6.07, 6.45) is 1.57. The Balaban J connectivity index is 2.21. The van der Waals surface area contributed by atoms with Gasteiger partial charge in [0.1, 0.15) is 14.4 Å². The van der Waals surface area contributed by atoms with E-state index in [1.807, 2.05) is 30.3 Å². The highest BCUT2D eigenvalue weighted by atomic mass is 35.5. The van der Waals surface area contributed by atoms with Gasteiger partial charge in [-0.05, 0) is 11.6 Å². The summed E-state index contributed by atoms with van der Waals surface area (Å²) in [5.41, 5.74) is 1.86. The van der Waals surface area contributed by atoms with Crippen LogP contribution in [0.25, 0.3) is 5.57 Å². The number of nitrogens with one attached hydrogen (secondary N) is 2. The Bertz CT molecular complexity index is 726. The summed E-state index contributed by atoms with van der Waals surface area (Å²) in [5, 5.41) is 19.5. The summed E-state index contributed by atoms with van der Waals surface area (Å²) in [7, 11) is 0.